The lowest BCUT2D eigenvalue weighted by molar-refractivity contribution is 0.0158. The fraction of sp³-hybridized carbons (Fsp3) is 0.636. The summed E-state index contributed by atoms with van der Waals surface area (Å²) in [6.45, 7) is 5.83. The lowest BCUT2D eigenvalue weighted by Gasteiger charge is -2.22. The Morgan fingerprint density at radius 3 is 2.87 bits per heavy atom. The van der Waals surface area contributed by atoms with Gasteiger partial charge in [0.2, 0.25) is 0 Å². The van der Waals surface area contributed by atoms with Crippen LogP contribution in [0.1, 0.15) is 26.0 Å². The fourth-order valence-corrected chi connectivity index (χ4v) is 1.14. The van der Waals surface area contributed by atoms with Crippen LogP contribution in [0.5, 0.6) is 0 Å². The molecule has 4 nitrogen and oxygen atoms in total. The molecule has 0 atom stereocenters. The van der Waals surface area contributed by atoms with Gasteiger partial charge in [0.15, 0.2) is 0 Å². The number of hydrogen-bond donors (Lipinski definition) is 1. The quantitative estimate of drug-likeness (QED) is 0.719. The zero-order valence-electron chi connectivity index (χ0n) is 9.66. The predicted octanol–water partition coefficient (Wildman–Crippen LogP) is 1.38. The monoisotopic (exact) mass is 209 g/mol. The maximum absolute atomic E-state index is 5.32. The van der Waals surface area contributed by atoms with Gasteiger partial charge in [-0.2, -0.15) is 10.2 Å². The number of methoxy groups -OCH3 is 1. The van der Waals surface area contributed by atoms with Crippen LogP contribution >= 0.6 is 0 Å². The average Bonchev–Trinajstić information content (AvgIpc) is 2.26. The number of hydrogen-bond acceptors (Lipinski definition) is 4. The second kappa shape index (κ2) is 5.78. The number of ether oxygens (including phenoxy) is 1. The third-order valence-corrected chi connectivity index (χ3v) is 2.39. The molecule has 15 heavy (non-hydrogen) atoms. The van der Waals surface area contributed by atoms with Gasteiger partial charge in [-0.15, -0.1) is 0 Å². The highest BCUT2D eigenvalue weighted by molar-refractivity contribution is 4.98. The second-order valence-corrected chi connectivity index (χ2v) is 4.11. The van der Waals surface area contributed by atoms with Crippen molar-refractivity contribution in [1.82, 2.24) is 15.5 Å². The van der Waals surface area contributed by atoms with E-state index in [1.165, 1.54) is 0 Å². The van der Waals surface area contributed by atoms with Crippen LogP contribution in [0.4, 0.5) is 0 Å². The van der Waals surface area contributed by atoms with E-state index >= 15 is 0 Å². The summed E-state index contributed by atoms with van der Waals surface area (Å²) in [5, 5.41) is 11.1. The van der Waals surface area contributed by atoms with Gasteiger partial charge in [0, 0.05) is 19.9 Å². The van der Waals surface area contributed by atoms with Crippen molar-refractivity contribution in [1.29, 1.82) is 0 Å². The summed E-state index contributed by atoms with van der Waals surface area (Å²) in [6, 6.07) is 3.85. The molecule has 0 bridgehead atoms. The van der Waals surface area contributed by atoms with Gasteiger partial charge in [-0.3, -0.25) is 0 Å². The average molecular weight is 209 g/mol. The number of nitrogens with zero attached hydrogens (tertiary/aromatic N) is 2. The normalized spacial score (nSPS) is 11.7. The predicted molar refractivity (Wildman–Crippen MR) is 59.4 cm³/mol. The molecule has 0 aliphatic carbocycles. The van der Waals surface area contributed by atoms with Gasteiger partial charge in [0.25, 0.3) is 0 Å². The van der Waals surface area contributed by atoms with Gasteiger partial charge in [0.05, 0.1) is 11.3 Å². The standard InChI is InChI=1S/C11H19N3O/c1-11(2,15-3)6-8-12-9-10-5-4-7-13-14-10/h4-5,7,12H,6,8-9H2,1-3H3. The van der Waals surface area contributed by atoms with Gasteiger partial charge in [0.1, 0.15) is 0 Å². The Kier molecular flexibility index (Phi) is 4.65. The van der Waals surface area contributed by atoms with Crippen LogP contribution in [0.25, 0.3) is 0 Å². The second-order valence-electron chi connectivity index (χ2n) is 4.11. The fourth-order valence-electron chi connectivity index (χ4n) is 1.14. The van der Waals surface area contributed by atoms with Crippen molar-refractivity contribution in [2.24, 2.45) is 0 Å². The molecule has 0 aliphatic heterocycles. The highest BCUT2D eigenvalue weighted by Crippen LogP contribution is 2.11. The molecule has 0 spiro atoms. The molecule has 0 saturated carbocycles. The van der Waals surface area contributed by atoms with Crippen LogP contribution in [-0.4, -0.2) is 29.5 Å². The van der Waals surface area contributed by atoms with Gasteiger partial charge < -0.3 is 10.1 Å². The number of nitrogens with one attached hydrogen (secondary N) is 1. The summed E-state index contributed by atoms with van der Waals surface area (Å²) < 4.78 is 5.32. The molecule has 0 radical (unpaired) electrons. The van der Waals surface area contributed by atoms with Crippen LogP contribution in [0.3, 0.4) is 0 Å². The molecule has 0 aromatic carbocycles. The summed E-state index contributed by atoms with van der Waals surface area (Å²) in [7, 11) is 1.74. The summed E-state index contributed by atoms with van der Waals surface area (Å²) >= 11 is 0. The molecule has 84 valence electrons. The first-order valence-electron chi connectivity index (χ1n) is 5.16. The Hall–Kier alpha value is -1.00. The molecule has 0 unspecified atom stereocenters. The van der Waals surface area contributed by atoms with E-state index in [1.807, 2.05) is 12.1 Å². The van der Waals surface area contributed by atoms with Gasteiger partial charge >= 0.3 is 0 Å². The van der Waals surface area contributed by atoms with E-state index in [9.17, 15) is 0 Å². The Morgan fingerprint density at radius 1 is 1.47 bits per heavy atom. The minimum absolute atomic E-state index is 0.0602. The molecule has 1 aromatic heterocycles. The SMILES string of the molecule is COC(C)(C)CCNCc1cccnn1. The van der Waals surface area contributed by atoms with Crippen LogP contribution in [0.15, 0.2) is 18.3 Å². The maximum Gasteiger partial charge on any atom is 0.0768 e. The minimum Gasteiger partial charge on any atom is -0.379 e. The molecule has 4 heteroatoms. The lowest BCUT2D eigenvalue weighted by atomic mass is 10.1. The van der Waals surface area contributed by atoms with Crippen molar-refractivity contribution in [3.05, 3.63) is 24.0 Å². The van der Waals surface area contributed by atoms with Crippen molar-refractivity contribution in [2.75, 3.05) is 13.7 Å². The van der Waals surface area contributed by atoms with Gasteiger partial charge in [-0.25, -0.2) is 0 Å². The first-order chi connectivity index (χ1) is 7.14. The zero-order chi connectivity index (χ0) is 11.1. The van der Waals surface area contributed by atoms with E-state index in [0.717, 1.165) is 25.2 Å². The molecule has 0 saturated heterocycles. The topological polar surface area (TPSA) is 47.0 Å². The summed E-state index contributed by atoms with van der Waals surface area (Å²) in [6.07, 6.45) is 2.65. The highest BCUT2D eigenvalue weighted by Gasteiger charge is 2.14. The zero-order valence-corrected chi connectivity index (χ0v) is 9.66. The van der Waals surface area contributed by atoms with Crippen molar-refractivity contribution in [2.45, 2.75) is 32.4 Å². The van der Waals surface area contributed by atoms with Crippen molar-refractivity contribution in [3.63, 3.8) is 0 Å². The van der Waals surface area contributed by atoms with E-state index in [-0.39, 0.29) is 5.60 Å². The van der Waals surface area contributed by atoms with Crippen LogP contribution in [-0.2, 0) is 11.3 Å². The van der Waals surface area contributed by atoms with Crippen LogP contribution in [0.2, 0.25) is 0 Å². The molecule has 1 heterocycles. The minimum atomic E-state index is -0.0602. The smallest absolute Gasteiger partial charge is 0.0768 e. The first kappa shape index (κ1) is 12.1. The third kappa shape index (κ3) is 4.85. The molecule has 0 amide bonds. The van der Waals surface area contributed by atoms with Gasteiger partial charge in [-0.05, 0) is 38.9 Å². The summed E-state index contributed by atoms with van der Waals surface area (Å²) in [5.74, 6) is 0. The van der Waals surface area contributed by atoms with E-state index in [0.29, 0.717) is 0 Å². The summed E-state index contributed by atoms with van der Waals surface area (Å²) in [5.41, 5.74) is 0.905. The Balaban J connectivity index is 2.18. The Bertz CT molecular complexity index is 274. The Morgan fingerprint density at radius 2 is 2.27 bits per heavy atom. The lowest BCUT2D eigenvalue weighted by Crippen LogP contribution is -2.28. The molecule has 0 fully saturated rings. The van der Waals surface area contributed by atoms with E-state index in [4.69, 9.17) is 4.74 Å². The van der Waals surface area contributed by atoms with E-state index < -0.39 is 0 Å². The maximum atomic E-state index is 5.32. The Labute approximate surface area is 91.1 Å². The molecule has 1 N–H and O–H groups in total. The molecular formula is C11H19N3O. The molecule has 0 aliphatic rings. The van der Waals surface area contributed by atoms with Gasteiger partial charge in [-0.1, -0.05) is 0 Å². The molecule has 1 rings (SSSR count). The van der Waals surface area contributed by atoms with E-state index in [2.05, 4.69) is 29.4 Å². The third-order valence-electron chi connectivity index (χ3n) is 2.39. The number of aromatic nitrogens is 2. The largest absolute Gasteiger partial charge is 0.379 e. The van der Waals surface area contributed by atoms with E-state index in [1.54, 1.807) is 13.3 Å². The highest BCUT2D eigenvalue weighted by atomic mass is 16.5. The molecular weight excluding hydrogens is 190 g/mol. The molecule has 1 aromatic rings. The van der Waals surface area contributed by atoms with Crippen LogP contribution < -0.4 is 5.32 Å². The van der Waals surface area contributed by atoms with Crippen molar-refractivity contribution in [3.8, 4) is 0 Å². The summed E-state index contributed by atoms with van der Waals surface area (Å²) in [4.78, 5) is 0. The van der Waals surface area contributed by atoms with Crippen molar-refractivity contribution < 1.29 is 4.74 Å². The van der Waals surface area contributed by atoms with Crippen LogP contribution in [0, 0.1) is 0 Å². The first-order valence-corrected chi connectivity index (χ1v) is 5.16. The number of rotatable bonds is 6. The van der Waals surface area contributed by atoms with Crippen molar-refractivity contribution >= 4 is 0 Å².